The van der Waals surface area contributed by atoms with Gasteiger partial charge in [-0.05, 0) is 50.4 Å². The summed E-state index contributed by atoms with van der Waals surface area (Å²) < 4.78 is 10.6. The third-order valence-electron chi connectivity index (χ3n) is 3.75. The van der Waals surface area contributed by atoms with Gasteiger partial charge in [0, 0.05) is 6.54 Å². The Morgan fingerprint density at radius 3 is 3.20 bits per heavy atom. The SMILES string of the molecule is NCCC1CCCN(Cc2nc(-c3ccco3)no2)C1. The summed E-state index contributed by atoms with van der Waals surface area (Å²) >= 11 is 0. The van der Waals surface area contributed by atoms with E-state index in [1.54, 1.807) is 6.26 Å². The molecule has 6 heteroatoms. The Morgan fingerprint density at radius 2 is 2.40 bits per heavy atom. The lowest BCUT2D eigenvalue weighted by atomic mass is 9.95. The topological polar surface area (TPSA) is 81.3 Å². The van der Waals surface area contributed by atoms with E-state index < -0.39 is 0 Å². The zero-order valence-corrected chi connectivity index (χ0v) is 11.5. The zero-order valence-electron chi connectivity index (χ0n) is 11.5. The second kappa shape index (κ2) is 6.19. The number of furan rings is 1. The lowest BCUT2D eigenvalue weighted by Crippen LogP contribution is -2.35. The van der Waals surface area contributed by atoms with Crippen LogP contribution >= 0.6 is 0 Å². The number of hydrogen-bond acceptors (Lipinski definition) is 6. The molecule has 0 bridgehead atoms. The number of piperidine rings is 1. The highest BCUT2D eigenvalue weighted by Crippen LogP contribution is 2.21. The Kier molecular flexibility index (Phi) is 4.13. The van der Waals surface area contributed by atoms with Crippen molar-refractivity contribution in [2.24, 2.45) is 11.7 Å². The van der Waals surface area contributed by atoms with Gasteiger partial charge in [-0.1, -0.05) is 5.16 Å². The summed E-state index contributed by atoms with van der Waals surface area (Å²) in [7, 11) is 0. The van der Waals surface area contributed by atoms with Crippen LogP contribution in [0.3, 0.4) is 0 Å². The van der Waals surface area contributed by atoms with Crippen molar-refractivity contribution in [1.82, 2.24) is 15.0 Å². The minimum absolute atomic E-state index is 0.514. The predicted molar refractivity (Wildman–Crippen MR) is 73.7 cm³/mol. The van der Waals surface area contributed by atoms with Gasteiger partial charge in [0.2, 0.25) is 11.7 Å². The van der Waals surface area contributed by atoms with Crippen molar-refractivity contribution in [2.75, 3.05) is 19.6 Å². The summed E-state index contributed by atoms with van der Waals surface area (Å²) in [6.45, 7) is 3.62. The summed E-state index contributed by atoms with van der Waals surface area (Å²) in [5.74, 6) is 2.49. The van der Waals surface area contributed by atoms with E-state index in [1.807, 2.05) is 12.1 Å². The van der Waals surface area contributed by atoms with Crippen molar-refractivity contribution < 1.29 is 8.94 Å². The summed E-state index contributed by atoms with van der Waals surface area (Å²) in [5, 5.41) is 3.95. The van der Waals surface area contributed by atoms with Crippen LogP contribution < -0.4 is 5.73 Å². The van der Waals surface area contributed by atoms with Gasteiger partial charge < -0.3 is 14.7 Å². The number of likely N-dealkylation sites (tertiary alicyclic amines) is 1. The average Bonchev–Trinajstić information content (AvgIpc) is 3.10. The maximum Gasteiger partial charge on any atom is 0.241 e. The Hall–Kier alpha value is -1.66. The molecule has 0 saturated carbocycles. The second-order valence-electron chi connectivity index (χ2n) is 5.31. The Labute approximate surface area is 117 Å². The van der Waals surface area contributed by atoms with Gasteiger partial charge in [0.05, 0.1) is 12.8 Å². The van der Waals surface area contributed by atoms with E-state index in [9.17, 15) is 0 Å². The summed E-state index contributed by atoms with van der Waals surface area (Å²) in [6, 6.07) is 3.64. The largest absolute Gasteiger partial charge is 0.461 e. The van der Waals surface area contributed by atoms with Crippen molar-refractivity contribution in [3.05, 3.63) is 24.3 Å². The highest BCUT2D eigenvalue weighted by molar-refractivity contribution is 5.44. The standard InChI is InChI=1S/C14H20N4O2/c15-6-5-11-3-1-7-18(9-11)10-13-16-14(17-20-13)12-4-2-8-19-12/h2,4,8,11H,1,3,5-7,9-10,15H2. The van der Waals surface area contributed by atoms with Crippen LogP contribution in [0.15, 0.2) is 27.3 Å². The van der Waals surface area contributed by atoms with Gasteiger partial charge in [0.15, 0.2) is 5.76 Å². The van der Waals surface area contributed by atoms with Crippen LogP contribution in [0.2, 0.25) is 0 Å². The summed E-state index contributed by atoms with van der Waals surface area (Å²) in [4.78, 5) is 6.74. The molecule has 1 atom stereocenters. The molecule has 2 N–H and O–H groups in total. The quantitative estimate of drug-likeness (QED) is 0.898. The maximum absolute atomic E-state index is 5.65. The van der Waals surface area contributed by atoms with Gasteiger partial charge in [0.1, 0.15) is 0 Å². The van der Waals surface area contributed by atoms with E-state index in [1.165, 1.54) is 12.8 Å². The number of hydrogen-bond donors (Lipinski definition) is 1. The van der Waals surface area contributed by atoms with Crippen LogP contribution in [0.25, 0.3) is 11.6 Å². The van der Waals surface area contributed by atoms with Crippen molar-refractivity contribution in [3.63, 3.8) is 0 Å². The minimum Gasteiger partial charge on any atom is -0.461 e. The van der Waals surface area contributed by atoms with Crippen LogP contribution in [-0.2, 0) is 6.54 Å². The van der Waals surface area contributed by atoms with E-state index >= 15 is 0 Å². The number of nitrogens with two attached hydrogens (primary N) is 1. The lowest BCUT2D eigenvalue weighted by Gasteiger charge is -2.31. The highest BCUT2D eigenvalue weighted by atomic mass is 16.5. The van der Waals surface area contributed by atoms with Crippen LogP contribution in [-0.4, -0.2) is 34.7 Å². The number of aromatic nitrogens is 2. The molecule has 2 aromatic rings. The van der Waals surface area contributed by atoms with Gasteiger partial charge in [-0.3, -0.25) is 4.90 Å². The summed E-state index contributed by atoms with van der Waals surface area (Å²) in [5.41, 5.74) is 5.65. The molecule has 0 amide bonds. The first-order chi connectivity index (χ1) is 9.85. The third-order valence-corrected chi connectivity index (χ3v) is 3.75. The van der Waals surface area contributed by atoms with E-state index in [-0.39, 0.29) is 0 Å². The van der Waals surface area contributed by atoms with Gasteiger partial charge in [0.25, 0.3) is 0 Å². The van der Waals surface area contributed by atoms with Gasteiger partial charge in [-0.25, -0.2) is 0 Å². The fraction of sp³-hybridized carbons (Fsp3) is 0.571. The lowest BCUT2D eigenvalue weighted by molar-refractivity contribution is 0.146. The molecule has 0 radical (unpaired) electrons. The van der Waals surface area contributed by atoms with Gasteiger partial charge in [-0.2, -0.15) is 4.98 Å². The normalized spacial score (nSPS) is 20.4. The summed E-state index contributed by atoms with van der Waals surface area (Å²) in [6.07, 6.45) is 5.18. The molecule has 2 aromatic heterocycles. The van der Waals surface area contributed by atoms with Crippen LogP contribution in [0.5, 0.6) is 0 Å². The molecule has 108 valence electrons. The zero-order chi connectivity index (χ0) is 13.8. The van der Waals surface area contributed by atoms with Gasteiger partial charge in [-0.15, -0.1) is 0 Å². The Bertz CT molecular complexity index is 521. The number of rotatable bonds is 5. The minimum atomic E-state index is 0.514. The molecule has 20 heavy (non-hydrogen) atoms. The van der Waals surface area contributed by atoms with Crippen molar-refractivity contribution in [1.29, 1.82) is 0 Å². The van der Waals surface area contributed by atoms with E-state index in [0.29, 0.717) is 29.9 Å². The van der Waals surface area contributed by atoms with E-state index in [4.69, 9.17) is 14.7 Å². The highest BCUT2D eigenvalue weighted by Gasteiger charge is 2.21. The maximum atomic E-state index is 5.65. The van der Waals surface area contributed by atoms with Gasteiger partial charge >= 0.3 is 0 Å². The molecular weight excluding hydrogens is 256 g/mol. The van der Waals surface area contributed by atoms with Crippen molar-refractivity contribution >= 4 is 0 Å². The first-order valence-corrected chi connectivity index (χ1v) is 7.14. The van der Waals surface area contributed by atoms with Crippen molar-refractivity contribution in [3.8, 4) is 11.6 Å². The first kappa shape index (κ1) is 13.3. The second-order valence-corrected chi connectivity index (χ2v) is 5.31. The molecular formula is C14H20N4O2. The van der Waals surface area contributed by atoms with E-state index in [0.717, 1.165) is 26.1 Å². The third kappa shape index (κ3) is 3.08. The van der Waals surface area contributed by atoms with E-state index in [2.05, 4.69) is 15.0 Å². The molecule has 1 fully saturated rings. The molecule has 3 rings (SSSR count). The Balaban J connectivity index is 1.60. The van der Waals surface area contributed by atoms with Crippen LogP contribution in [0, 0.1) is 5.92 Å². The predicted octanol–water partition coefficient (Wildman–Crippen LogP) is 1.89. The monoisotopic (exact) mass is 276 g/mol. The van der Waals surface area contributed by atoms with Crippen molar-refractivity contribution in [2.45, 2.75) is 25.8 Å². The first-order valence-electron chi connectivity index (χ1n) is 7.14. The Morgan fingerprint density at radius 1 is 1.45 bits per heavy atom. The molecule has 1 saturated heterocycles. The van der Waals surface area contributed by atoms with Crippen LogP contribution in [0.4, 0.5) is 0 Å². The molecule has 3 heterocycles. The molecule has 0 spiro atoms. The van der Waals surface area contributed by atoms with Crippen LogP contribution in [0.1, 0.15) is 25.2 Å². The molecule has 1 unspecified atom stereocenters. The number of nitrogens with zero attached hydrogens (tertiary/aromatic N) is 3. The molecule has 0 aliphatic carbocycles. The molecule has 1 aliphatic heterocycles. The molecule has 6 nitrogen and oxygen atoms in total. The fourth-order valence-corrected chi connectivity index (χ4v) is 2.78. The smallest absolute Gasteiger partial charge is 0.241 e. The average molecular weight is 276 g/mol. The molecule has 1 aliphatic rings. The molecule has 0 aromatic carbocycles. The fourth-order valence-electron chi connectivity index (χ4n) is 2.78.